The first-order chi connectivity index (χ1) is 11.9. The van der Waals surface area contributed by atoms with Gasteiger partial charge in [0.15, 0.2) is 0 Å². The van der Waals surface area contributed by atoms with Gasteiger partial charge >= 0.3 is 183 Å². The van der Waals surface area contributed by atoms with Crippen molar-refractivity contribution >= 4 is 58.4 Å². The van der Waals surface area contributed by atoms with Crippen molar-refractivity contribution in [2.24, 2.45) is 0 Å². The van der Waals surface area contributed by atoms with Crippen LogP contribution >= 0.6 is 45.2 Å². The van der Waals surface area contributed by atoms with Crippen LogP contribution in [0.5, 0.6) is 11.5 Å². The number of rotatable bonds is 8. The summed E-state index contributed by atoms with van der Waals surface area (Å²) in [7, 11) is 0. The van der Waals surface area contributed by atoms with Crippen molar-refractivity contribution in [2.75, 3.05) is 10.9 Å². The quantitative estimate of drug-likeness (QED) is 0.241. The van der Waals surface area contributed by atoms with Gasteiger partial charge in [-0.2, -0.15) is 0 Å². The van der Waals surface area contributed by atoms with E-state index in [-0.39, 0.29) is 0 Å². The summed E-state index contributed by atoms with van der Waals surface area (Å²) in [5.74, 6) is 1.99. The molecule has 2 aromatic rings. The summed E-state index contributed by atoms with van der Waals surface area (Å²) in [5, 5.41) is 0. The first kappa shape index (κ1) is 21.3. The van der Waals surface area contributed by atoms with E-state index in [1.165, 1.54) is 7.14 Å². The molecule has 25 heavy (non-hydrogen) atoms. The fraction of sp³-hybridized carbons (Fsp3) is 0.400. The molecule has 0 fully saturated rings. The van der Waals surface area contributed by atoms with Crippen molar-refractivity contribution in [1.29, 1.82) is 0 Å². The van der Waals surface area contributed by atoms with Gasteiger partial charge in [-0.25, -0.2) is 0 Å². The third kappa shape index (κ3) is 5.51. The maximum atomic E-state index is 6.34. The van der Waals surface area contributed by atoms with Crippen LogP contribution in [0.3, 0.4) is 0 Å². The normalized spacial score (nSPS) is 11.8. The van der Waals surface area contributed by atoms with Gasteiger partial charge in [-0.1, -0.05) is 0 Å². The topological polar surface area (TPSA) is 18.5 Å². The number of hydrogen-bond donors (Lipinski definition) is 0. The molecule has 0 spiro atoms. The van der Waals surface area contributed by atoms with E-state index in [4.69, 9.17) is 9.47 Å². The van der Waals surface area contributed by atoms with E-state index in [0.29, 0.717) is 9.50 Å². The summed E-state index contributed by atoms with van der Waals surface area (Å²) in [6.07, 6.45) is 0. The van der Waals surface area contributed by atoms with E-state index < -0.39 is 13.3 Å². The Morgan fingerprint density at radius 1 is 0.720 bits per heavy atom. The van der Waals surface area contributed by atoms with Crippen molar-refractivity contribution in [3.8, 4) is 11.5 Å². The Bertz CT molecular complexity index is 629. The number of para-hydroxylation sites is 2. The standard InChI is InChI=1S/C20H26GeI2O2/c1-15(2)21(16(3)4,13-24-19-11-7-5-9-17(19)22)14-25-20-12-8-6-10-18(20)23/h5-12,15-16H,13-14H2,1-4H3. The first-order valence-electron chi connectivity index (χ1n) is 8.61. The van der Waals surface area contributed by atoms with E-state index in [1.807, 2.05) is 12.1 Å². The van der Waals surface area contributed by atoms with Gasteiger partial charge in [0.25, 0.3) is 0 Å². The molecule has 2 aromatic carbocycles. The van der Waals surface area contributed by atoms with Crippen molar-refractivity contribution in [3.05, 3.63) is 55.7 Å². The van der Waals surface area contributed by atoms with Gasteiger partial charge < -0.3 is 0 Å². The summed E-state index contributed by atoms with van der Waals surface area (Å²) >= 11 is 2.26. The monoisotopic (exact) mass is 626 g/mol. The van der Waals surface area contributed by atoms with E-state index in [2.05, 4.69) is 109 Å². The number of halogens is 2. The Morgan fingerprint density at radius 2 is 1.08 bits per heavy atom. The second-order valence-electron chi connectivity index (χ2n) is 6.98. The molecule has 0 amide bonds. The zero-order chi connectivity index (χ0) is 18.4. The Hall–Kier alpha value is 0.0429. The van der Waals surface area contributed by atoms with Gasteiger partial charge in [0.2, 0.25) is 0 Å². The van der Waals surface area contributed by atoms with E-state index in [1.54, 1.807) is 0 Å². The molecule has 0 atom stereocenters. The Labute approximate surface area is 181 Å². The molecule has 0 saturated heterocycles. The van der Waals surface area contributed by atoms with E-state index >= 15 is 0 Å². The first-order valence-corrected chi connectivity index (χ1v) is 16.2. The molecule has 0 heterocycles. The second-order valence-corrected chi connectivity index (χ2v) is 20.5. The van der Waals surface area contributed by atoms with Crippen LogP contribution in [0.25, 0.3) is 0 Å². The number of benzene rings is 2. The van der Waals surface area contributed by atoms with Gasteiger partial charge in [0.05, 0.1) is 0 Å². The fourth-order valence-corrected chi connectivity index (χ4v) is 11.6. The summed E-state index contributed by atoms with van der Waals surface area (Å²) in [5.41, 5.74) is 1.66. The number of hydrogen-bond acceptors (Lipinski definition) is 2. The molecule has 136 valence electrons. The maximum absolute atomic E-state index is 6.34. The molecule has 0 radical (unpaired) electrons. The predicted octanol–water partition coefficient (Wildman–Crippen LogP) is 6.70. The summed E-state index contributed by atoms with van der Waals surface area (Å²) in [6.45, 7) is 9.38. The Balaban J connectivity index is 2.19. The van der Waals surface area contributed by atoms with Gasteiger partial charge in [0, 0.05) is 0 Å². The zero-order valence-corrected chi connectivity index (χ0v) is 21.7. The van der Waals surface area contributed by atoms with Crippen LogP contribution in [-0.2, 0) is 0 Å². The van der Waals surface area contributed by atoms with Crippen LogP contribution < -0.4 is 9.47 Å². The van der Waals surface area contributed by atoms with Gasteiger partial charge in [-0.15, -0.1) is 0 Å². The van der Waals surface area contributed by atoms with Crippen molar-refractivity contribution < 1.29 is 9.47 Å². The summed E-state index contributed by atoms with van der Waals surface area (Å²) in [4.78, 5) is 0. The summed E-state index contributed by atoms with van der Waals surface area (Å²) in [6, 6.07) is 16.5. The second kappa shape index (κ2) is 9.83. The predicted molar refractivity (Wildman–Crippen MR) is 125 cm³/mol. The van der Waals surface area contributed by atoms with Crippen LogP contribution in [0, 0.1) is 7.14 Å². The molecule has 0 saturated carbocycles. The van der Waals surface area contributed by atoms with Crippen LogP contribution in [0.2, 0.25) is 9.50 Å². The minimum absolute atomic E-state index is 0.628. The average molecular weight is 625 g/mol. The molecular formula is C20H26GeI2O2. The third-order valence-electron chi connectivity index (χ3n) is 4.97. The SMILES string of the molecule is C[CH](C)[Ge]([CH2]Oc1ccccc1I)([CH2]Oc1ccccc1I)[CH](C)C. The van der Waals surface area contributed by atoms with Crippen LogP contribution in [0.4, 0.5) is 0 Å². The Morgan fingerprint density at radius 3 is 1.40 bits per heavy atom. The average Bonchev–Trinajstić information content (AvgIpc) is 2.57. The van der Waals surface area contributed by atoms with Crippen LogP contribution in [-0.4, -0.2) is 24.1 Å². The van der Waals surface area contributed by atoms with Gasteiger partial charge in [0.1, 0.15) is 0 Å². The molecule has 0 aliphatic heterocycles. The molecule has 0 bridgehead atoms. The fourth-order valence-electron chi connectivity index (χ4n) is 2.92. The minimum atomic E-state index is -2.43. The summed E-state index contributed by atoms with van der Waals surface area (Å²) < 4.78 is 16.3. The van der Waals surface area contributed by atoms with Gasteiger partial charge in [-0.3, -0.25) is 0 Å². The molecule has 0 N–H and O–H groups in total. The number of ether oxygens (including phenoxy) is 2. The van der Waals surface area contributed by atoms with Gasteiger partial charge in [-0.05, 0) is 0 Å². The third-order valence-corrected chi connectivity index (χ3v) is 19.3. The Kier molecular flexibility index (Phi) is 8.39. The van der Waals surface area contributed by atoms with Crippen LogP contribution in [0.15, 0.2) is 48.5 Å². The molecule has 2 rings (SSSR count). The zero-order valence-electron chi connectivity index (χ0n) is 15.3. The van der Waals surface area contributed by atoms with Crippen molar-refractivity contribution in [1.82, 2.24) is 0 Å². The molecule has 5 heteroatoms. The molecule has 0 aliphatic rings. The van der Waals surface area contributed by atoms with E-state index in [0.717, 1.165) is 22.4 Å². The molecule has 0 aliphatic carbocycles. The molecule has 0 aromatic heterocycles. The van der Waals surface area contributed by atoms with E-state index in [9.17, 15) is 0 Å². The molecular weight excluding hydrogens is 599 g/mol. The molecule has 2 nitrogen and oxygen atoms in total. The molecule has 0 unspecified atom stereocenters. The van der Waals surface area contributed by atoms with Crippen molar-refractivity contribution in [2.45, 2.75) is 37.2 Å². The van der Waals surface area contributed by atoms with Crippen LogP contribution in [0.1, 0.15) is 27.7 Å². The van der Waals surface area contributed by atoms with Crippen molar-refractivity contribution in [3.63, 3.8) is 0 Å².